The lowest BCUT2D eigenvalue weighted by molar-refractivity contribution is -0.384. The van der Waals surface area contributed by atoms with Gasteiger partial charge >= 0.3 is 5.97 Å². The van der Waals surface area contributed by atoms with E-state index in [1.807, 2.05) is 0 Å². The van der Waals surface area contributed by atoms with Gasteiger partial charge in [0.25, 0.3) is 5.69 Å². The Morgan fingerprint density at radius 3 is 2.52 bits per heavy atom. The fourth-order valence-electron chi connectivity index (χ4n) is 2.09. The predicted octanol–water partition coefficient (Wildman–Crippen LogP) is 3.65. The molecule has 0 atom stereocenters. The Balaban J connectivity index is 2.44. The summed E-state index contributed by atoms with van der Waals surface area (Å²) in [5, 5.41) is 23.2. The van der Waals surface area contributed by atoms with Crippen LogP contribution in [0.5, 0.6) is 0 Å². The fraction of sp³-hybridized carbons (Fsp3) is 0.133. The zero-order valence-electron chi connectivity index (χ0n) is 11.6. The van der Waals surface area contributed by atoms with Crippen LogP contribution in [-0.2, 0) is 0 Å². The Hall–Kier alpha value is -2.89. The third-order valence-electron chi connectivity index (χ3n) is 3.17. The molecule has 0 saturated heterocycles. The van der Waals surface area contributed by atoms with E-state index >= 15 is 0 Å². The minimum absolute atomic E-state index is 0.0186. The molecule has 6 heteroatoms. The number of carbonyl (C=O) groups is 1. The zero-order chi connectivity index (χ0) is 15.6. The van der Waals surface area contributed by atoms with Gasteiger partial charge in [0, 0.05) is 11.3 Å². The highest BCUT2D eigenvalue weighted by Crippen LogP contribution is 2.31. The van der Waals surface area contributed by atoms with E-state index in [0.29, 0.717) is 22.5 Å². The minimum atomic E-state index is -1.03. The first-order chi connectivity index (χ1) is 9.90. The fourth-order valence-corrected chi connectivity index (χ4v) is 2.09. The molecule has 0 fully saturated rings. The van der Waals surface area contributed by atoms with Crippen LogP contribution >= 0.6 is 0 Å². The molecule has 0 aliphatic carbocycles. The molecule has 0 aliphatic heterocycles. The van der Waals surface area contributed by atoms with E-state index in [1.54, 1.807) is 44.2 Å². The van der Waals surface area contributed by atoms with E-state index in [4.69, 9.17) is 5.11 Å². The van der Waals surface area contributed by atoms with E-state index in [1.165, 1.54) is 6.07 Å². The van der Waals surface area contributed by atoms with Crippen LogP contribution in [0.2, 0.25) is 0 Å². The zero-order valence-corrected chi connectivity index (χ0v) is 11.6. The summed E-state index contributed by atoms with van der Waals surface area (Å²) in [5.74, 6) is -1.03. The molecule has 0 heterocycles. The number of para-hydroxylation sites is 1. The van der Waals surface area contributed by atoms with Crippen molar-refractivity contribution < 1.29 is 14.8 Å². The van der Waals surface area contributed by atoms with Gasteiger partial charge in [0.2, 0.25) is 0 Å². The maximum atomic E-state index is 11.1. The quantitative estimate of drug-likeness (QED) is 0.661. The number of aromatic carboxylic acids is 1. The van der Waals surface area contributed by atoms with E-state index < -0.39 is 10.9 Å². The topological polar surface area (TPSA) is 92.5 Å². The van der Waals surface area contributed by atoms with Gasteiger partial charge in [-0.25, -0.2) is 4.79 Å². The first-order valence-corrected chi connectivity index (χ1v) is 6.25. The van der Waals surface area contributed by atoms with Gasteiger partial charge < -0.3 is 10.4 Å². The standard InChI is InChI=1S/C15H14N2O4/c1-9-6-7-11(8-12(9)15(18)19)16-13-5-3-4-10(2)14(13)17(20)21/h3-8,16H,1-2H3,(H,18,19). The summed E-state index contributed by atoms with van der Waals surface area (Å²) >= 11 is 0. The van der Waals surface area contributed by atoms with Gasteiger partial charge in [0.05, 0.1) is 10.5 Å². The molecule has 2 aromatic rings. The summed E-state index contributed by atoms with van der Waals surface area (Å²) in [4.78, 5) is 21.8. The van der Waals surface area contributed by atoms with Gasteiger partial charge in [-0.3, -0.25) is 10.1 Å². The molecule has 21 heavy (non-hydrogen) atoms. The second-order valence-electron chi connectivity index (χ2n) is 4.69. The molecule has 0 aliphatic rings. The number of hydrogen-bond acceptors (Lipinski definition) is 4. The molecule has 0 saturated carbocycles. The number of anilines is 2. The number of nitrogens with zero attached hydrogens (tertiary/aromatic N) is 1. The maximum Gasteiger partial charge on any atom is 0.336 e. The SMILES string of the molecule is Cc1ccc(Nc2cccc(C)c2[N+](=O)[O-])cc1C(=O)O. The van der Waals surface area contributed by atoms with Crippen LogP contribution in [0.15, 0.2) is 36.4 Å². The average molecular weight is 286 g/mol. The molecule has 2 N–H and O–H groups in total. The van der Waals surface area contributed by atoms with E-state index in [2.05, 4.69) is 5.32 Å². The van der Waals surface area contributed by atoms with Crippen molar-refractivity contribution in [2.24, 2.45) is 0 Å². The number of hydrogen-bond donors (Lipinski definition) is 2. The van der Waals surface area contributed by atoms with Crippen LogP contribution in [0.1, 0.15) is 21.5 Å². The van der Waals surface area contributed by atoms with E-state index in [0.717, 1.165) is 0 Å². The third kappa shape index (κ3) is 3.00. The minimum Gasteiger partial charge on any atom is -0.478 e. The van der Waals surface area contributed by atoms with Crippen molar-refractivity contribution in [3.8, 4) is 0 Å². The first kappa shape index (κ1) is 14.5. The van der Waals surface area contributed by atoms with Crippen molar-refractivity contribution in [1.29, 1.82) is 0 Å². The smallest absolute Gasteiger partial charge is 0.336 e. The van der Waals surface area contributed by atoms with E-state index in [9.17, 15) is 14.9 Å². The van der Waals surface area contributed by atoms with Crippen molar-refractivity contribution in [3.05, 3.63) is 63.2 Å². The predicted molar refractivity (Wildman–Crippen MR) is 79.3 cm³/mol. The Labute approximate surface area is 121 Å². The lowest BCUT2D eigenvalue weighted by atomic mass is 10.1. The van der Waals surface area contributed by atoms with Crippen LogP contribution in [0.3, 0.4) is 0 Å². The molecule has 0 aromatic heterocycles. The number of nitro groups is 1. The number of rotatable bonds is 4. The number of nitro benzene ring substituents is 1. The van der Waals surface area contributed by atoms with Crippen molar-refractivity contribution in [2.75, 3.05) is 5.32 Å². The summed E-state index contributed by atoms with van der Waals surface area (Å²) in [7, 11) is 0. The molecule has 0 spiro atoms. The second-order valence-corrected chi connectivity index (χ2v) is 4.69. The normalized spacial score (nSPS) is 10.2. The van der Waals surface area contributed by atoms with Crippen LogP contribution in [-0.4, -0.2) is 16.0 Å². The van der Waals surface area contributed by atoms with Crippen LogP contribution in [0.25, 0.3) is 0 Å². The summed E-state index contributed by atoms with van der Waals surface area (Å²) < 4.78 is 0. The second kappa shape index (κ2) is 5.62. The Bertz CT molecular complexity index is 726. The Morgan fingerprint density at radius 1 is 1.19 bits per heavy atom. The van der Waals surface area contributed by atoms with Crippen LogP contribution in [0.4, 0.5) is 17.1 Å². The lowest BCUT2D eigenvalue weighted by Gasteiger charge is -2.10. The average Bonchev–Trinajstić information content (AvgIpc) is 2.40. The molecule has 2 aromatic carbocycles. The highest BCUT2D eigenvalue weighted by Gasteiger charge is 2.17. The van der Waals surface area contributed by atoms with Gasteiger partial charge in [-0.2, -0.15) is 0 Å². The van der Waals surface area contributed by atoms with Gasteiger partial charge in [0.1, 0.15) is 5.69 Å². The maximum absolute atomic E-state index is 11.1. The summed E-state index contributed by atoms with van der Waals surface area (Å²) in [6, 6.07) is 9.76. The summed E-state index contributed by atoms with van der Waals surface area (Å²) in [6.07, 6.45) is 0. The van der Waals surface area contributed by atoms with Crippen molar-refractivity contribution in [1.82, 2.24) is 0 Å². The Kier molecular flexibility index (Phi) is 3.89. The molecule has 6 nitrogen and oxygen atoms in total. The highest BCUT2D eigenvalue weighted by atomic mass is 16.6. The van der Waals surface area contributed by atoms with Crippen LogP contribution < -0.4 is 5.32 Å². The number of carboxylic acids is 1. The highest BCUT2D eigenvalue weighted by molar-refractivity contribution is 5.91. The monoisotopic (exact) mass is 286 g/mol. The molecule has 0 amide bonds. The third-order valence-corrected chi connectivity index (χ3v) is 3.17. The molecule has 0 bridgehead atoms. The summed E-state index contributed by atoms with van der Waals surface area (Å²) in [5.41, 5.74) is 2.14. The van der Waals surface area contributed by atoms with Crippen molar-refractivity contribution >= 4 is 23.0 Å². The lowest BCUT2D eigenvalue weighted by Crippen LogP contribution is -2.03. The van der Waals surface area contributed by atoms with Gasteiger partial charge in [-0.15, -0.1) is 0 Å². The van der Waals surface area contributed by atoms with Crippen LogP contribution in [0, 0.1) is 24.0 Å². The number of carboxylic acid groups (broad SMARTS) is 1. The van der Waals surface area contributed by atoms with Crippen molar-refractivity contribution in [2.45, 2.75) is 13.8 Å². The molecule has 108 valence electrons. The molecule has 0 radical (unpaired) electrons. The van der Waals surface area contributed by atoms with Crippen molar-refractivity contribution in [3.63, 3.8) is 0 Å². The molecule has 0 unspecified atom stereocenters. The van der Waals surface area contributed by atoms with Gasteiger partial charge in [0.15, 0.2) is 0 Å². The number of nitrogens with one attached hydrogen (secondary N) is 1. The Morgan fingerprint density at radius 2 is 1.90 bits per heavy atom. The molecule has 2 rings (SSSR count). The number of aryl methyl sites for hydroxylation is 2. The first-order valence-electron chi connectivity index (χ1n) is 6.25. The van der Waals surface area contributed by atoms with E-state index in [-0.39, 0.29) is 11.3 Å². The molecular formula is C15H14N2O4. The summed E-state index contributed by atoms with van der Waals surface area (Å²) in [6.45, 7) is 3.35. The molecular weight excluding hydrogens is 272 g/mol. The number of benzene rings is 2. The largest absolute Gasteiger partial charge is 0.478 e. The van der Waals surface area contributed by atoms with Gasteiger partial charge in [-0.1, -0.05) is 18.2 Å². The van der Waals surface area contributed by atoms with Gasteiger partial charge in [-0.05, 0) is 37.6 Å².